The van der Waals surface area contributed by atoms with Gasteiger partial charge in [-0.25, -0.2) is 8.42 Å². The monoisotopic (exact) mass is 316 g/mol. The van der Waals surface area contributed by atoms with Gasteiger partial charge in [0.05, 0.1) is 11.0 Å². The Morgan fingerprint density at radius 1 is 1.37 bits per heavy atom. The van der Waals surface area contributed by atoms with Crippen molar-refractivity contribution in [2.45, 2.75) is 24.5 Å². The molecule has 0 amide bonds. The molecule has 0 saturated heterocycles. The molecule has 108 valence electrons. The number of hydrogen-bond donors (Lipinski definition) is 1. The van der Waals surface area contributed by atoms with E-state index >= 15 is 0 Å². The Hall–Kier alpha value is -0.790. The zero-order chi connectivity index (χ0) is 14.8. The SMILES string of the molecule is C[C@@H](c1cccc(Cl)c1)S(=O)(=O)C[C@@H](O)C(F)(F)F. The highest BCUT2D eigenvalue weighted by Crippen LogP contribution is 2.28. The second kappa shape index (κ2) is 5.68. The van der Waals surface area contributed by atoms with Crippen molar-refractivity contribution in [1.29, 1.82) is 0 Å². The van der Waals surface area contributed by atoms with Crippen LogP contribution in [-0.2, 0) is 9.84 Å². The molecule has 1 aromatic rings. The van der Waals surface area contributed by atoms with Crippen molar-refractivity contribution in [2.75, 3.05) is 5.75 Å². The minimum atomic E-state index is -4.96. The first kappa shape index (κ1) is 16.3. The Morgan fingerprint density at radius 3 is 2.42 bits per heavy atom. The van der Waals surface area contributed by atoms with Crippen molar-refractivity contribution in [1.82, 2.24) is 0 Å². The lowest BCUT2D eigenvalue weighted by molar-refractivity contribution is -0.196. The van der Waals surface area contributed by atoms with E-state index in [1.54, 1.807) is 0 Å². The van der Waals surface area contributed by atoms with Gasteiger partial charge in [0, 0.05) is 5.02 Å². The Morgan fingerprint density at radius 2 is 1.95 bits per heavy atom. The van der Waals surface area contributed by atoms with Crippen molar-refractivity contribution in [3.63, 3.8) is 0 Å². The molecule has 0 unspecified atom stereocenters. The second-order valence-corrected chi connectivity index (χ2v) is 6.89. The average molecular weight is 317 g/mol. The molecule has 0 aromatic heterocycles. The topological polar surface area (TPSA) is 54.4 Å². The molecule has 0 aliphatic rings. The molecule has 3 nitrogen and oxygen atoms in total. The molecule has 1 N–H and O–H groups in total. The van der Waals surface area contributed by atoms with E-state index < -0.39 is 33.1 Å². The molecular weight excluding hydrogens is 305 g/mol. The molecule has 2 atom stereocenters. The first-order valence-corrected chi connectivity index (χ1v) is 7.35. The van der Waals surface area contributed by atoms with E-state index in [0.717, 1.165) is 0 Å². The van der Waals surface area contributed by atoms with E-state index in [-0.39, 0.29) is 10.6 Å². The number of aliphatic hydroxyl groups excluding tert-OH is 1. The quantitative estimate of drug-likeness (QED) is 0.929. The van der Waals surface area contributed by atoms with Crippen molar-refractivity contribution < 1.29 is 26.7 Å². The van der Waals surface area contributed by atoms with Crippen LogP contribution in [0.3, 0.4) is 0 Å². The summed E-state index contributed by atoms with van der Waals surface area (Å²) in [5.41, 5.74) is 0.280. The molecule has 0 saturated carbocycles. The normalized spacial score (nSPS) is 16.1. The maximum atomic E-state index is 12.2. The molecule has 1 aromatic carbocycles. The van der Waals surface area contributed by atoms with Gasteiger partial charge in [-0.15, -0.1) is 0 Å². The Bertz CT molecular complexity index is 542. The second-order valence-electron chi connectivity index (χ2n) is 4.08. The lowest BCUT2D eigenvalue weighted by Crippen LogP contribution is -2.36. The van der Waals surface area contributed by atoms with Crippen LogP contribution in [-0.4, -0.2) is 31.6 Å². The minimum Gasteiger partial charge on any atom is -0.383 e. The number of rotatable bonds is 4. The minimum absolute atomic E-state index is 0.280. The van der Waals surface area contributed by atoms with Gasteiger partial charge in [-0.3, -0.25) is 0 Å². The molecule has 0 aliphatic carbocycles. The fourth-order valence-electron chi connectivity index (χ4n) is 1.43. The lowest BCUT2D eigenvalue weighted by Gasteiger charge is -2.18. The first-order chi connectivity index (χ1) is 8.54. The maximum absolute atomic E-state index is 12.2. The number of hydrogen-bond acceptors (Lipinski definition) is 3. The van der Waals surface area contributed by atoms with E-state index in [1.807, 2.05) is 0 Å². The molecule has 1 rings (SSSR count). The molecular formula is C11H12ClF3O3S. The third-order valence-corrected chi connectivity index (χ3v) is 4.99. The summed E-state index contributed by atoms with van der Waals surface area (Å²) in [7, 11) is -4.14. The van der Waals surface area contributed by atoms with Crippen molar-refractivity contribution >= 4 is 21.4 Å². The molecule has 0 aliphatic heterocycles. The number of sulfone groups is 1. The number of alkyl halides is 3. The van der Waals surface area contributed by atoms with Gasteiger partial charge in [0.25, 0.3) is 0 Å². The van der Waals surface area contributed by atoms with Crippen LogP contribution < -0.4 is 0 Å². The van der Waals surface area contributed by atoms with Crippen LogP contribution in [0.4, 0.5) is 13.2 Å². The van der Waals surface area contributed by atoms with E-state index in [1.165, 1.54) is 31.2 Å². The number of halogens is 4. The van der Waals surface area contributed by atoms with Crippen LogP contribution in [0, 0.1) is 0 Å². The van der Waals surface area contributed by atoms with Gasteiger partial charge < -0.3 is 5.11 Å². The van der Waals surface area contributed by atoms with E-state index in [9.17, 15) is 21.6 Å². The van der Waals surface area contributed by atoms with Crippen LogP contribution >= 0.6 is 11.6 Å². The Kier molecular flexibility index (Phi) is 4.86. The largest absolute Gasteiger partial charge is 0.415 e. The Labute approximate surface area is 113 Å². The van der Waals surface area contributed by atoms with Gasteiger partial charge in [-0.1, -0.05) is 23.7 Å². The third kappa shape index (κ3) is 4.36. The average Bonchev–Trinajstić information content (AvgIpc) is 2.26. The summed E-state index contributed by atoms with van der Waals surface area (Å²) in [6.07, 6.45) is -7.85. The van der Waals surface area contributed by atoms with E-state index in [0.29, 0.717) is 0 Å². The summed E-state index contributed by atoms with van der Waals surface area (Å²) < 4.78 is 60.1. The van der Waals surface area contributed by atoms with Gasteiger partial charge in [-0.2, -0.15) is 13.2 Å². The molecule has 0 radical (unpaired) electrons. The summed E-state index contributed by atoms with van der Waals surface area (Å²) in [4.78, 5) is 0. The predicted molar refractivity (Wildman–Crippen MR) is 65.7 cm³/mol. The van der Waals surface area contributed by atoms with Crippen molar-refractivity contribution in [3.8, 4) is 0 Å². The highest BCUT2D eigenvalue weighted by molar-refractivity contribution is 7.91. The zero-order valence-electron chi connectivity index (χ0n) is 9.86. The summed E-state index contributed by atoms with van der Waals surface area (Å²) >= 11 is 5.69. The molecule has 0 bridgehead atoms. The maximum Gasteiger partial charge on any atom is 0.415 e. The van der Waals surface area contributed by atoms with E-state index in [4.69, 9.17) is 16.7 Å². The summed E-state index contributed by atoms with van der Waals surface area (Å²) in [6, 6.07) is 5.84. The first-order valence-electron chi connectivity index (χ1n) is 5.26. The molecule has 0 fully saturated rings. The summed E-state index contributed by atoms with van der Waals surface area (Å²) in [5.74, 6) is -1.37. The van der Waals surface area contributed by atoms with Crippen LogP contribution in [0.15, 0.2) is 24.3 Å². The van der Waals surface area contributed by atoms with Crippen LogP contribution in [0.2, 0.25) is 5.02 Å². The van der Waals surface area contributed by atoms with Crippen molar-refractivity contribution in [2.24, 2.45) is 0 Å². The lowest BCUT2D eigenvalue weighted by atomic mass is 10.2. The van der Waals surface area contributed by atoms with Crippen LogP contribution in [0.5, 0.6) is 0 Å². The summed E-state index contributed by atoms with van der Waals surface area (Å²) in [5, 5.41) is 7.95. The third-order valence-electron chi connectivity index (χ3n) is 2.62. The van der Waals surface area contributed by atoms with Gasteiger partial charge in [0.2, 0.25) is 0 Å². The van der Waals surface area contributed by atoms with E-state index in [2.05, 4.69) is 0 Å². The zero-order valence-corrected chi connectivity index (χ0v) is 11.4. The number of benzene rings is 1. The Balaban J connectivity index is 2.95. The molecule has 0 heterocycles. The molecule has 19 heavy (non-hydrogen) atoms. The molecule has 0 spiro atoms. The van der Waals surface area contributed by atoms with Gasteiger partial charge >= 0.3 is 6.18 Å². The highest BCUT2D eigenvalue weighted by atomic mass is 35.5. The number of aliphatic hydroxyl groups is 1. The van der Waals surface area contributed by atoms with Crippen LogP contribution in [0.25, 0.3) is 0 Å². The smallest absolute Gasteiger partial charge is 0.383 e. The molecule has 8 heteroatoms. The van der Waals surface area contributed by atoms with Crippen molar-refractivity contribution in [3.05, 3.63) is 34.9 Å². The van der Waals surface area contributed by atoms with Crippen LogP contribution in [0.1, 0.15) is 17.7 Å². The highest BCUT2D eigenvalue weighted by Gasteiger charge is 2.42. The van der Waals surface area contributed by atoms with Gasteiger partial charge in [-0.05, 0) is 24.6 Å². The van der Waals surface area contributed by atoms with Gasteiger partial charge in [0.1, 0.15) is 0 Å². The summed E-state index contributed by atoms with van der Waals surface area (Å²) in [6.45, 7) is 1.25. The van der Waals surface area contributed by atoms with Gasteiger partial charge in [0.15, 0.2) is 15.9 Å². The fraction of sp³-hybridized carbons (Fsp3) is 0.455. The predicted octanol–water partition coefficient (Wildman–Crippen LogP) is 2.74. The fourth-order valence-corrected chi connectivity index (χ4v) is 3.10. The standard InChI is InChI=1S/C11H12ClF3O3S/c1-7(8-3-2-4-9(12)5-8)19(17,18)6-10(16)11(13,14)15/h2-5,7,10,16H,6H2,1H3/t7-,10+/m0/s1.